The number of hydrogen-bond acceptors (Lipinski definition) is 6. The maximum atomic E-state index is 7.34. The van der Waals surface area contributed by atoms with Gasteiger partial charge >= 0.3 is 0 Å². The zero-order valence-corrected chi connectivity index (χ0v) is 13.1. The zero-order chi connectivity index (χ0) is 16.3. The summed E-state index contributed by atoms with van der Waals surface area (Å²) in [4.78, 5) is 0. The third-order valence-electron chi connectivity index (χ3n) is 2.30. The Hall–Kier alpha value is -0.500. The average Bonchev–Trinajstić information content (AvgIpc) is 2.54. The summed E-state index contributed by atoms with van der Waals surface area (Å²) in [6.45, 7) is 8.86. The third-order valence-corrected chi connectivity index (χ3v) is 2.30. The van der Waals surface area contributed by atoms with Crippen LogP contribution in [0.4, 0.5) is 0 Å². The van der Waals surface area contributed by atoms with E-state index in [-0.39, 0.29) is 13.0 Å². The second-order valence-electron chi connectivity index (χ2n) is 4.15. The van der Waals surface area contributed by atoms with E-state index in [2.05, 4.69) is 6.58 Å². The molecule has 0 saturated carbocycles. The summed E-state index contributed by atoms with van der Waals surface area (Å²) in [5.41, 5.74) is 0. The molecule has 0 unspecified atom stereocenters. The fraction of sp³-hybridized carbons (Fsp3) is 0.867. The normalized spacial score (nSPS) is 13.1. The maximum Gasteiger partial charge on any atom is 0.0781 e. The fourth-order valence-electron chi connectivity index (χ4n) is 1.29. The van der Waals surface area contributed by atoms with Gasteiger partial charge in [-0.05, 0) is 6.90 Å². The van der Waals surface area contributed by atoms with Gasteiger partial charge in [0.25, 0.3) is 0 Å². The van der Waals surface area contributed by atoms with Crippen LogP contribution in [0, 0.1) is 0 Å². The molecule has 1 atom stereocenters. The van der Waals surface area contributed by atoms with Gasteiger partial charge in [-0.1, -0.05) is 6.08 Å². The van der Waals surface area contributed by atoms with Crippen LogP contribution in [0.25, 0.3) is 0 Å². The highest BCUT2D eigenvalue weighted by molar-refractivity contribution is 4.64. The second kappa shape index (κ2) is 17.6. The van der Waals surface area contributed by atoms with Crippen molar-refractivity contribution in [3.63, 3.8) is 0 Å². The van der Waals surface area contributed by atoms with Crippen molar-refractivity contribution in [2.75, 3.05) is 73.2 Å². The SMILES string of the molecule is [2H]C[C@@H](COCC=C)OCCOCCOCCOCCOC. The highest BCUT2D eigenvalue weighted by Crippen LogP contribution is 1.92. The van der Waals surface area contributed by atoms with E-state index in [0.29, 0.717) is 66.1 Å². The Labute approximate surface area is 129 Å². The lowest BCUT2D eigenvalue weighted by Crippen LogP contribution is -2.19. The maximum absolute atomic E-state index is 7.34. The average molecular weight is 307 g/mol. The van der Waals surface area contributed by atoms with Crippen molar-refractivity contribution in [3.8, 4) is 0 Å². The molecular formula is C15H30O6. The summed E-state index contributed by atoms with van der Waals surface area (Å²) in [6, 6.07) is 0. The monoisotopic (exact) mass is 307 g/mol. The smallest absolute Gasteiger partial charge is 0.0781 e. The van der Waals surface area contributed by atoms with E-state index in [1.807, 2.05) is 0 Å². The minimum atomic E-state index is -0.218. The summed E-state index contributed by atoms with van der Waals surface area (Å²) >= 11 is 0. The highest BCUT2D eigenvalue weighted by atomic mass is 16.6. The molecule has 0 aliphatic carbocycles. The molecule has 6 heteroatoms. The minimum absolute atomic E-state index is 0.170. The van der Waals surface area contributed by atoms with Crippen molar-refractivity contribution in [1.82, 2.24) is 0 Å². The van der Waals surface area contributed by atoms with Crippen LogP contribution >= 0.6 is 0 Å². The first kappa shape index (κ1) is 18.5. The van der Waals surface area contributed by atoms with Crippen LogP contribution in [0.2, 0.25) is 0 Å². The van der Waals surface area contributed by atoms with Crippen molar-refractivity contribution in [2.45, 2.75) is 13.0 Å². The third kappa shape index (κ3) is 17.4. The zero-order valence-electron chi connectivity index (χ0n) is 14.1. The van der Waals surface area contributed by atoms with Gasteiger partial charge in [-0.3, -0.25) is 0 Å². The van der Waals surface area contributed by atoms with E-state index in [1.54, 1.807) is 13.2 Å². The molecule has 0 heterocycles. The second-order valence-corrected chi connectivity index (χ2v) is 4.15. The van der Waals surface area contributed by atoms with E-state index in [0.717, 1.165) is 0 Å². The van der Waals surface area contributed by atoms with Crippen molar-refractivity contribution < 1.29 is 29.8 Å². The topological polar surface area (TPSA) is 55.4 Å². The van der Waals surface area contributed by atoms with E-state index in [4.69, 9.17) is 29.8 Å². The van der Waals surface area contributed by atoms with Gasteiger partial charge in [-0.2, -0.15) is 0 Å². The van der Waals surface area contributed by atoms with Crippen LogP contribution in [0.5, 0.6) is 0 Å². The molecule has 0 amide bonds. The summed E-state index contributed by atoms with van der Waals surface area (Å²) < 4.78 is 38.9. The van der Waals surface area contributed by atoms with Crippen LogP contribution in [0.1, 0.15) is 8.27 Å². The van der Waals surface area contributed by atoms with Gasteiger partial charge in [-0.15, -0.1) is 6.58 Å². The molecule has 0 fully saturated rings. The van der Waals surface area contributed by atoms with Crippen LogP contribution < -0.4 is 0 Å². The highest BCUT2D eigenvalue weighted by Gasteiger charge is 2.01. The molecule has 0 saturated heterocycles. The van der Waals surface area contributed by atoms with Crippen molar-refractivity contribution >= 4 is 0 Å². The first-order valence-corrected chi connectivity index (χ1v) is 7.16. The van der Waals surface area contributed by atoms with Crippen LogP contribution in [-0.4, -0.2) is 79.3 Å². The lowest BCUT2D eigenvalue weighted by Gasteiger charge is -2.13. The Kier molecular flexibility index (Phi) is 15.5. The molecule has 21 heavy (non-hydrogen) atoms. The predicted molar refractivity (Wildman–Crippen MR) is 80.8 cm³/mol. The van der Waals surface area contributed by atoms with Gasteiger partial charge in [0.2, 0.25) is 0 Å². The number of hydrogen-bond donors (Lipinski definition) is 0. The number of ether oxygens (including phenoxy) is 6. The molecule has 0 radical (unpaired) electrons. The molecule has 0 aliphatic heterocycles. The van der Waals surface area contributed by atoms with E-state index < -0.39 is 0 Å². The molecule has 0 N–H and O–H groups in total. The predicted octanol–water partition coefficient (Wildman–Crippen LogP) is 1.29. The van der Waals surface area contributed by atoms with E-state index >= 15 is 0 Å². The summed E-state index contributed by atoms with van der Waals surface area (Å²) in [5.74, 6) is 0. The molecule has 0 aliphatic rings. The molecule has 6 nitrogen and oxygen atoms in total. The summed E-state index contributed by atoms with van der Waals surface area (Å²) in [7, 11) is 1.64. The molecule has 0 aromatic heterocycles. The summed E-state index contributed by atoms with van der Waals surface area (Å²) in [6.07, 6.45) is 1.45. The Morgan fingerprint density at radius 2 is 1.48 bits per heavy atom. The van der Waals surface area contributed by atoms with Gasteiger partial charge in [0, 0.05) is 8.48 Å². The minimum Gasteiger partial charge on any atom is -0.382 e. The Balaban J connectivity index is 3.19. The van der Waals surface area contributed by atoms with E-state index in [9.17, 15) is 0 Å². The quantitative estimate of drug-likeness (QED) is 0.298. The Morgan fingerprint density at radius 1 is 0.905 bits per heavy atom. The molecule has 126 valence electrons. The summed E-state index contributed by atoms with van der Waals surface area (Å²) in [5, 5.41) is 0. The lowest BCUT2D eigenvalue weighted by molar-refractivity contribution is -0.0368. The number of rotatable bonds is 17. The van der Waals surface area contributed by atoms with Gasteiger partial charge in [0.15, 0.2) is 0 Å². The number of methoxy groups -OCH3 is 1. The van der Waals surface area contributed by atoms with Crippen molar-refractivity contribution in [1.29, 1.82) is 0 Å². The van der Waals surface area contributed by atoms with Crippen molar-refractivity contribution in [2.24, 2.45) is 0 Å². The van der Waals surface area contributed by atoms with Crippen LogP contribution in [0.3, 0.4) is 0 Å². The van der Waals surface area contributed by atoms with Gasteiger partial charge in [-0.25, -0.2) is 0 Å². The molecule has 0 aromatic rings. The van der Waals surface area contributed by atoms with Gasteiger partial charge in [0.1, 0.15) is 0 Å². The first-order chi connectivity index (χ1) is 10.8. The molecule has 0 bridgehead atoms. The molecule has 0 aromatic carbocycles. The van der Waals surface area contributed by atoms with Crippen molar-refractivity contribution in [3.05, 3.63) is 12.7 Å². The molecule has 0 spiro atoms. The lowest BCUT2D eigenvalue weighted by atomic mass is 10.4. The van der Waals surface area contributed by atoms with Crippen LogP contribution in [-0.2, 0) is 28.4 Å². The fourth-order valence-corrected chi connectivity index (χ4v) is 1.29. The van der Waals surface area contributed by atoms with Gasteiger partial charge in [0.05, 0.1) is 72.2 Å². The van der Waals surface area contributed by atoms with Gasteiger partial charge < -0.3 is 28.4 Å². The standard InChI is InChI=1S/C15H30O6/c1-4-5-20-14-15(2)21-13-12-19-11-10-18-9-8-17-7-6-16-3/h4,15H,1,5-14H2,2-3H3/t15-/m0/s1/i2D. The van der Waals surface area contributed by atoms with Crippen LogP contribution in [0.15, 0.2) is 12.7 Å². The Morgan fingerprint density at radius 3 is 2.00 bits per heavy atom. The first-order valence-electron chi connectivity index (χ1n) is 7.87. The van der Waals surface area contributed by atoms with E-state index in [1.165, 1.54) is 0 Å². The molecular weight excluding hydrogens is 276 g/mol. The molecule has 0 rings (SSSR count). The largest absolute Gasteiger partial charge is 0.382 e. The Bertz CT molecular complexity index is 230.